The van der Waals surface area contributed by atoms with Crippen molar-refractivity contribution in [2.75, 3.05) is 6.16 Å². The lowest BCUT2D eigenvalue weighted by atomic mass is 10.2. The zero-order valence-electron chi connectivity index (χ0n) is 14.6. The molecule has 0 unspecified atom stereocenters. The first-order valence-electron chi connectivity index (χ1n) is 8.84. The number of carbonyl (C=O) groups is 1. The normalized spacial score (nSPS) is 11.2. The summed E-state index contributed by atoms with van der Waals surface area (Å²) in [5.74, 6) is 0.340. The van der Waals surface area contributed by atoms with E-state index in [2.05, 4.69) is 91.0 Å². The molecule has 25 heavy (non-hydrogen) atoms. The molecule has 0 radical (unpaired) electrons. The summed E-state index contributed by atoms with van der Waals surface area (Å²) in [7, 11) is -1.84. The highest BCUT2D eigenvalue weighted by molar-refractivity contribution is 7.95. The summed E-state index contributed by atoms with van der Waals surface area (Å²) in [6.07, 6.45) is 2.12. The minimum absolute atomic E-state index is 0.340. The Morgan fingerprint density at radius 3 is 1.36 bits per heavy atom. The molecule has 0 amide bonds. The monoisotopic (exact) mass is 347 g/mol. The smallest absolute Gasteiger partial charge is 0.136 e. The van der Waals surface area contributed by atoms with E-state index in [9.17, 15) is 4.79 Å². The van der Waals surface area contributed by atoms with E-state index < -0.39 is 7.26 Å². The molecule has 0 saturated heterocycles. The molecule has 126 valence electrons. The van der Waals surface area contributed by atoms with Gasteiger partial charge in [-0.05, 0) is 36.4 Å². The first kappa shape index (κ1) is 17.6. The van der Waals surface area contributed by atoms with Gasteiger partial charge in [0.05, 0.1) is 6.16 Å². The molecule has 0 spiro atoms. The Morgan fingerprint density at radius 1 is 0.680 bits per heavy atom. The number of benzene rings is 3. The standard InChI is InChI=1S/C23H24OP/c1-2-20(24)18-19-25(21-12-6-3-7-13-21,22-14-8-4-9-15-22)23-16-10-5-11-17-23/h3-17H,2,18-19H2,1H3/q+1. The Balaban J connectivity index is 2.22. The highest BCUT2D eigenvalue weighted by Crippen LogP contribution is 2.55. The molecule has 0 atom stereocenters. The molecule has 0 aliphatic heterocycles. The fraction of sp³-hybridized carbons (Fsp3) is 0.174. The number of ketones is 1. The molecule has 0 heterocycles. The van der Waals surface area contributed by atoms with Crippen LogP contribution in [0.15, 0.2) is 91.0 Å². The van der Waals surface area contributed by atoms with Gasteiger partial charge in [-0.15, -0.1) is 0 Å². The van der Waals surface area contributed by atoms with Crippen LogP contribution in [0.2, 0.25) is 0 Å². The molecule has 0 fully saturated rings. The molecule has 3 aromatic carbocycles. The molecular weight excluding hydrogens is 323 g/mol. The van der Waals surface area contributed by atoms with Gasteiger partial charge in [-0.25, -0.2) is 0 Å². The number of hydrogen-bond donors (Lipinski definition) is 0. The molecule has 3 rings (SSSR count). The summed E-state index contributed by atoms with van der Waals surface area (Å²) in [4.78, 5) is 12.2. The second-order valence-corrected chi connectivity index (χ2v) is 9.80. The molecule has 0 aliphatic carbocycles. The van der Waals surface area contributed by atoms with E-state index in [1.165, 1.54) is 15.9 Å². The Labute approximate surface area is 151 Å². The number of rotatable bonds is 7. The predicted octanol–water partition coefficient (Wildman–Crippen LogP) is 4.35. The molecule has 3 aromatic rings. The van der Waals surface area contributed by atoms with E-state index in [0.717, 1.165) is 6.16 Å². The Kier molecular flexibility index (Phi) is 5.79. The van der Waals surface area contributed by atoms with E-state index in [0.29, 0.717) is 18.6 Å². The number of hydrogen-bond acceptors (Lipinski definition) is 1. The van der Waals surface area contributed by atoms with Gasteiger partial charge in [0, 0.05) is 12.8 Å². The Bertz CT molecular complexity index is 701. The molecule has 2 heteroatoms. The molecular formula is C23H24OP+. The largest absolute Gasteiger partial charge is 0.300 e. The summed E-state index contributed by atoms with van der Waals surface area (Å²) in [6, 6.07) is 32.2. The quantitative estimate of drug-likeness (QED) is 0.581. The fourth-order valence-corrected chi connectivity index (χ4v) is 7.65. The van der Waals surface area contributed by atoms with E-state index in [-0.39, 0.29) is 0 Å². The topological polar surface area (TPSA) is 17.1 Å². The van der Waals surface area contributed by atoms with Gasteiger partial charge < -0.3 is 0 Å². The second kappa shape index (κ2) is 8.23. The molecule has 0 aliphatic rings. The van der Waals surface area contributed by atoms with Crippen molar-refractivity contribution in [2.24, 2.45) is 0 Å². The molecule has 0 N–H and O–H groups in total. The maximum absolute atomic E-state index is 12.2. The predicted molar refractivity (Wildman–Crippen MR) is 110 cm³/mol. The first-order valence-corrected chi connectivity index (χ1v) is 10.8. The average Bonchev–Trinajstić information content (AvgIpc) is 2.71. The van der Waals surface area contributed by atoms with Crippen molar-refractivity contribution < 1.29 is 4.79 Å². The van der Waals surface area contributed by atoms with Crippen LogP contribution in [0.25, 0.3) is 0 Å². The van der Waals surface area contributed by atoms with Gasteiger partial charge in [0.2, 0.25) is 0 Å². The van der Waals surface area contributed by atoms with Gasteiger partial charge in [-0.2, -0.15) is 0 Å². The molecule has 1 nitrogen and oxygen atoms in total. The van der Waals surface area contributed by atoms with Crippen molar-refractivity contribution in [2.45, 2.75) is 19.8 Å². The van der Waals surface area contributed by atoms with Crippen LogP contribution < -0.4 is 15.9 Å². The van der Waals surface area contributed by atoms with Crippen LogP contribution >= 0.6 is 7.26 Å². The van der Waals surface area contributed by atoms with Gasteiger partial charge in [0.1, 0.15) is 29.0 Å². The van der Waals surface area contributed by atoms with Crippen molar-refractivity contribution >= 4 is 29.0 Å². The molecule has 0 aromatic heterocycles. The third-order valence-corrected chi connectivity index (χ3v) is 9.14. The van der Waals surface area contributed by atoms with Crippen molar-refractivity contribution in [3.63, 3.8) is 0 Å². The summed E-state index contributed by atoms with van der Waals surface area (Å²) in [5.41, 5.74) is 0. The first-order chi connectivity index (χ1) is 12.3. The lowest BCUT2D eigenvalue weighted by Gasteiger charge is -2.27. The zero-order valence-corrected chi connectivity index (χ0v) is 15.5. The summed E-state index contributed by atoms with van der Waals surface area (Å²) in [5, 5.41) is 4.03. The second-order valence-electron chi connectivity index (χ2n) is 6.18. The van der Waals surface area contributed by atoms with Crippen LogP contribution in [0.5, 0.6) is 0 Å². The highest BCUT2D eigenvalue weighted by Gasteiger charge is 2.44. The molecule has 0 saturated carbocycles. The van der Waals surface area contributed by atoms with Crippen molar-refractivity contribution in [3.8, 4) is 0 Å². The van der Waals surface area contributed by atoms with Gasteiger partial charge in [-0.3, -0.25) is 4.79 Å². The third kappa shape index (κ3) is 3.72. The van der Waals surface area contributed by atoms with Gasteiger partial charge in [0.15, 0.2) is 0 Å². The summed E-state index contributed by atoms with van der Waals surface area (Å²) in [6.45, 7) is 1.95. The van der Waals surface area contributed by atoms with Crippen LogP contribution in [-0.4, -0.2) is 11.9 Å². The Morgan fingerprint density at radius 2 is 1.04 bits per heavy atom. The third-order valence-electron chi connectivity index (χ3n) is 4.71. The summed E-state index contributed by atoms with van der Waals surface area (Å²) >= 11 is 0. The SMILES string of the molecule is CCC(=O)CC[P+](c1ccccc1)(c1ccccc1)c1ccccc1. The van der Waals surface area contributed by atoms with Crippen LogP contribution in [0, 0.1) is 0 Å². The minimum Gasteiger partial charge on any atom is -0.300 e. The van der Waals surface area contributed by atoms with Crippen LogP contribution in [0.4, 0.5) is 0 Å². The number of carbonyl (C=O) groups excluding carboxylic acids is 1. The van der Waals surface area contributed by atoms with Crippen molar-refractivity contribution in [3.05, 3.63) is 91.0 Å². The van der Waals surface area contributed by atoms with E-state index >= 15 is 0 Å². The maximum atomic E-state index is 12.2. The van der Waals surface area contributed by atoms with Crippen molar-refractivity contribution in [1.82, 2.24) is 0 Å². The van der Waals surface area contributed by atoms with Crippen LogP contribution in [0.3, 0.4) is 0 Å². The van der Waals surface area contributed by atoms with E-state index in [1.807, 2.05) is 6.92 Å². The molecule has 0 bridgehead atoms. The van der Waals surface area contributed by atoms with Crippen molar-refractivity contribution in [1.29, 1.82) is 0 Å². The van der Waals surface area contributed by atoms with Gasteiger partial charge >= 0.3 is 0 Å². The average molecular weight is 347 g/mol. The lowest BCUT2D eigenvalue weighted by Crippen LogP contribution is -2.34. The van der Waals surface area contributed by atoms with Gasteiger partial charge in [-0.1, -0.05) is 61.5 Å². The van der Waals surface area contributed by atoms with Crippen LogP contribution in [0.1, 0.15) is 19.8 Å². The van der Waals surface area contributed by atoms with E-state index in [1.54, 1.807) is 0 Å². The van der Waals surface area contributed by atoms with Gasteiger partial charge in [0.25, 0.3) is 0 Å². The Hall–Kier alpha value is -2.24. The fourth-order valence-electron chi connectivity index (χ4n) is 3.35. The highest BCUT2D eigenvalue weighted by atomic mass is 31.2. The lowest BCUT2D eigenvalue weighted by molar-refractivity contribution is -0.118. The minimum atomic E-state index is -1.84. The van der Waals surface area contributed by atoms with Crippen LogP contribution in [-0.2, 0) is 4.79 Å². The zero-order chi connectivity index (χ0) is 17.5. The number of Topliss-reactive ketones (excluding diaryl/α,β-unsaturated/α-hetero) is 1. The maximum Gasteiger partial charge on any atom is 0.136 e. The summed E-state index contributed by atoms with van der Waals surface area (Å²) < 4.78 is 0. The van der Waals surface area contributed by atoms with E-state index in [4.69, 9.17) is 0 Å².